The molecule has 0 saturated carbocycles. The molecule has 2 aromatic carbocycles. The van der Waals surface area contributed by atoms with E-state index in [2.05, 4.69) is 5.32 Å². The summed E-state index contributed by atoms with van der Waals surface area (Å²) in [4.78, 5) is 39.5. The smallest absolute Gasteiger partial charge is 0.337 e. The number of nitrogens with one attached hydrogen (secondary N) is 1. The Labute approximate surface area is 189 Å². The van der Waals surface area contributed by atoms with Crippen molar-refractivity contribution in [3.05, 3.63) is 65.4 Å². The normalized spacial score (nSPS) is 11.5. The van der Waals surface area contributed by atoms with Crippen molar-refractivity contribution in [1.82, 2.24) is 9.47 Å². The molecule has 0 atom stereocenters. The Bertz CT molecular complexity index is 1210. The number of halogens is 3. The minimum absolute atomic E-state index is 0.0248. The Balaban J connectivity index is 1.89. The van der Waals surface area contributed by atoms with Crippen molar-refractivity contribution in [2.24, 2.45) is 0 Å². The number of fused-ring (bicyclic) bond motifs is 1. The number of aryl methyl sites for hydroxylation is 1. The number of ketones is 1. The molecule has 33 heavy (non-hydrogen) atoms. The van der Waals surface area contributed by atoms with Gasteiger partial charge in [0.1, 0.15) is 6.54 Å². The molecule has 6 nitrogen and oxygen atoms in total. The molecule has 3 aromatic rings. The standard InChI is InChI=1S/C24H24F3N3O3/c1-4-29(5-2)23(33)22(32)19-13-30(20-9-7-6-8-18(19)20)14-21(31)28-17-11-15(3)10-16(12-17)24(25,26)27/h6-13H,4-5,14H2,1-3H3,(H,28,31). The number of anilines is 1. The van der Waals surface area contributed by atoms with E-state index in [1.165, 1.54) is 28.7 Å². The van der Waals surface area contributed by atoms with E-state index in [-0.39, 0.29) is 17.8 Å². The van der Waals surface area contributed by atoms with Gasteiger partial charge >= 0.3 is 6.18 Å². The average molecular weight is 459 g/mol. The van der Waals surface area contributed by atoms with Crippen molar-refractivity contribution in [1.29, 1.82) is 0 Å². The molecule has 0 aliphatic rings. The molecule has 9 heteroatoms. The van der Waals surface area contributed by atoms with Crippen molar-refractivity contribution < 1.29 is 27.6 Å². The lowest BCUT2D eigenvalue weighted by Gasteiger charge is -2.17. The molecular formula is C24H24F3N3O3. The number of likely N-dealkylation sites (N-methyl/N-ethyl adjacent to an activating group) is 1. The fourth-order valence-corrected chi connectivity index (χ4v) is 3.70. The largest absolute Gasteiger partial charge is 0.416 e. The number of amides is 2. The maximum Gasteiger partial charge on any atom is 0.416 e. The zero-order chi connectivity index (χ0) is 24.3. The zero-order valence-corrected chi connectivity index (χ0v) is 18.5. The molecule has 0 spiro atoms. The highest BCUT2D eigenvalue weighted by atomic mass is 19.4. The van der Waals surface area contributed by atoms with Crippen LogP contribution < -0.4 is 5.32 Å². The lowest BCUT2D eigenvalue weighted by atomic mass is 10.1. The van der Waals surface area contributed by atoms with Gasteiger partial charge in [0.25, 0.3) is 11.7 Å². The number of rotatable bonds is 7. The SMILES string of the molecule is CCN(CC)C(=O)C(=O)c1cn(CC(=O)Nc2cc(C)cc(C(F)(F)F)c2)c2ccccc12. The fraction of sp³-hybridized carbons (Fsp3) is 0.292. The van der Waals surface area contributed by atoms with Gasteiger partial charge in [-0.1, -0.05) is 18.2 Å². The van der Waals surface area contributed by atoms with Crippen LogP contribution in [-0.2, 0) is 22.3 Å². The molecule has 0 fully saturated rings. The van der Waals surface area contributed by atoms with E-state index < -0.39 is 29.3 Å². The summed E-state index contributed by atoms with van der Waals surface area (Å²) >= 11 is 0. The van der Waals surface area contributed by atoms with Crippen LogP contribution in [0.3, 0.4) is 0 Å². The highest BCUT2D eigenvalue weighted by molar-refractivity contribution is 6.44. The summed E-state index contributed by atoms with van der Waals surface area (Å²) in [6.45, 7) is 5.59. The maximum absolute atomic E-state index is 13.1. The number of para-hydroxylation sites is 1. The lowest BCUT2D eigenvalue weighted by molar-refractivity contribution is -0.137. The van der Waals surface area contributed by atoms with E-state index in [4.69, 9.17) is 0 Å². The van der Waals surface area contributed by atoms with Gasteiger partial charge in [0, 0.05) is 35.9 Å². The van der Waals surface area contributed by atoms with Crippen molar-refractivity contribution in [2.45, 2.75) is 33.5 Å². The summed E-state index contributed by atoms with van der Waals surface area (Å²) in [5.41, 5.74) is 0.256. The molecule has 0 saturated heterocycles. The van der Waals surface area contributed by atoms with Crippen LogP contribution in [0.25, 0.3) is 10.9 Å². The van der Waals surface area contributed by atoms with Gasteiger partial charge in [0.05, 0.1) is 11.1 Å². The summed E-state index contributed by atoms with van der Waals surface area (Å²) in [7, 11) is 0. The summed E-state index contributed by atoms with van der Waals surface area (Å²) in [6, 6.07) is 10.2. The van der Waals surface area contributed by atoms with Crippen LogP contribution in [0.5, 0.6) is 0 Å². The Kier molecular flexibility index (Phi) is 6.90. The first-order chi connectivity index (χ1) is 15.5. The number of carbonyl (C=O) groups excluding carboxylic acids is 3. The predicted molar refractivity (Wildman–Crippen MR) is 119 cm³/mol. The second-order valence-corrected chi connectivity index (χ2v) is 7.63. The van der Waals surface area contributed by atoms with Crippen LogP contribution in [0.15, 0.2) is 48.7 Å². The number of Topliss-reactive ketones (excluding diaryl/α,β-unsaturated/α-hetero) is 1. The van der Waals surface area contributed by atoms with E-state index in [0.29, 0.717) is 29.6 Å². The van der Waals surface area contributed by atoms with E-state index >= 15 is 0 Å². The van der Waals surface area contributed by atoms with Gasteiger partial charge in [-0.15, -0.1) is 0 Å². The Hall–Kier alpha value is -3.62. The molecule has 1 aromatic heterocycles. The number of nitrogens with zero attached hydrogens (tertiary/aromatic N) is 2. The number of carbonyl (C=O) groups is 3. The average Bonchev–Trinajstić information content (AvgIpc) is 3.11. The zero-order valence-electron chi connectivity index (χ0n) is 18.5. The van der Waals surface area contributed by atoms with Gasteiger partial charge in [-0.3, -0.25) is 14.4 Å². The predicted octanol–water partition coefficient (Wildman–Crippen LogP) is 4.66. The quantitative estimate of drug-likeness (QED) is 0.413. The highest BCUT2D eigenvalue weighted by Gasteiger charge is 2.31. The topological polar surface area (TPSA) is 71.4 Å². The van der Waals surface area contributed by atoms with E-state index in [1.54, 1.807) is 38.1 Å². The molecule has 0 aliphatic heterocycles. The molecule has 2 amide bonds. The molecule has 174 valence electrons. The van der Waals surface area contributed by atoms with Crippen LogP contribution in [0.1, 0.15) is 35.3 Å². The molecule has 3 rings (SSSR count). The third-order valence-corrected chi connectivity index (χ3v) is 5.28. The van der Waals surface area contributed by atoms with Crippen molar-refractivity contribution in [3.63, 3.8) is 0 Å². The van der Waals surface area contributed by atoms with E-state index in [9.17, 15) is 27.6 Å². The lowest BCUT2D eigenvalue weighted by Crippen LogP contribution is -2.36. The highest BCUT2D eigenvalue weighted by Crippen LogP contribution is 2.32. The van der Waals surface area contributed by atoms with E-state index in [0.717, 1.165) is 12.1 Å². The molecule has 0 radical (unpaired) electrons. The van der Waals surface area contributed by atoms with Crippen molar-refractivity contribution >= 4 is 34.2 Å². The minimum Gasteiger partial charge on any atom is -0.337 e. The Morgan fingerprint density at radius 3 is 2.33 bits per heavy atom. The van der Waals surface area contributed by atoms with Crippen molar-refractivity contribution in [2.75, 3.05) is 18.4 Å². The second-order valence-electron chi connectivity index (χ2n) is 7.63. The molecule has 0 aliphatic carbocycles. The van der Waals surface area contributed by atoms with Crippen LogP contribution in [0.2, 0.25) is 0 Å². The molecule has 0 unspecified atom stereocenters. The van der Waals surface area contributed by atoms with Crippen LogP contribution >= 0.6 is 0 Å². The van der Waals surface area contributed by atoms with Crippen molar-refractivity contribution in [3.8, 4) is 0 Å². The maximum atomic E-state index is 13.1. The number of alkyl halides is 3. The second kappa shape index (κ2) is 9.48. The first-order valence-corrected chi connectivity index (χ1v) is 10.4. The number of hydrogen-bond donors (Lipinski definition) is 1. The van der Waals surface area contributed by atoms with Gasteiger partial charge < -0.3 is 14.8 Å². The number of benzene rings is 2. The summed E-state index contributed by atoms with van der Waals surface area (Å²) in [5, 5.41) is 3.01. The van der Waals surface area contributed by atoms with Gasteiger partial charge in [-0.25, -0.2) is 0 Å². The van der Waals surface area contributed by atoms with Crippen LogP contribution in [0, 0.1) is 6.92 Å². The molecular weight excluding hydrogens is 435 g/mol. The first kappa shape index (κ1) is 24.0. The molecule has 1 heterocycles. The Morgan fingerprint density at radius 2 is 1.70 bits per heavy atom. The third-order valence-electron chi connectivity index (χ3n) is 5.28. The van der Waals surface area contributed by atoms with Gasteiger partial charge in [0.2, 0.25) is 5.91 Å². The summed E-state index contributed by atoms with van der Waals surface area (Å²) < 4.78 is 40.7. The van der Waals surface area contributed by atoms with Crippen LogP contribution in [0.4, 0.5) is 18.9 Å². The first-order valence-electron chi connectivity index (χ1n) is 10.4. The van der Waals surface area contributed by atoms with Gasteiger partial charge in [-0.2, -0.15) is 13.2 Å². The Morgan fingerprint density at radius 1 is 1.03 bits per heavy atom. The monoisotopic (exact) mass is 459 g/mol. The number of hydrogen-bond acceptors (Lipinski definition) is 3. The van der Waals surface area contributed by atoms with Gasteiger partial charge in [0.15, 0.2) is 0 Å². The summed E-state index contributed by atoms with van der Waals surface area (Å²) in [6.07, 6.45) is -3.10. The van der Waals surface area contributed by atoms with Crippen LogP contribution in [-0.4, -0.2) is 40.2 Å². The summed E-state index contributed by atoms with van der Waals surface area (Å²) in [5.74, 6) is -1.88. The third kappa shape index (κ3) is 5.24. The van der Waals surface area contributed by atoms with E-state index in [1.807, 2.05) is 0 Å². The molecule has 1 N–H and O–H groups in total. The minimum atomic E-state index is -4.53. The molecule has 0 bridgehead atoms. The number of aromatic nitrogens is 1. The fourth-order valence-electron chi connectivity index (χ4n) is 3.70. The van der Waals surface area contributed by atoms with Gasteiger partial charge in [-0.05, 0) is 50.6 Å².